The Morgan fingerprint density at radius 2 is 2.04 bits per heavy atom. The number of ether oxygens (including phenoxy) is 1. The summed E-state index contributed by atoms with van der Waals surface area (Å²) >= 11 is 0. The van der Waals surface area contributed by atoms with Crippen LogP contribution in [-0.2, 0) is 16.0 Å². The van der Waals surface area contributed by atoms with Crippen LogP contribution < -0.4 is 4.90 Å². The average molecular weight is 388 g/mol. The van der Waals surface area contributed by atoms with Gasteiger partial charge in [-0.2, -0.15) is 13.2 Å². The van der Waals surface area contributed by atoms with E-state index in [-0.39, 0.29) is 24.5 Å². The second kappa shape index (κ2) is 7.05. The second-order valence-corrected chi connectivity index (χ2v) is 6.87. The van der Waals surface area contributed by atoms with Gasteiger partial charge < -0.3 is 9.64 Å². The maximum atomic E-state index is 13.6. The molecule has 1 aromatic heterocycles. The van der Waals surface area contributed by atoms with Gasteiger partial charge in [-0.1, -0.05) is 24.6 Å². The van der Waals surface area contributed by atoms with Crippen LogP contribution in [-0.4, -0.2) is 36.8 Å². The number of aromatic nitrogens is 1. The summed E-state index contributed by atoms with van der Waals surface area (Å²) in [6.45, 7) is 2.67. The smallest absolute Gasteiger partial charge is 0.370 e. The molecular weight excluding hydrogens is 369 g/mol. The highest BCUT2D eigenvalue weighted by atomic mass is 19.4. The van der Waals surface area contributed by atoms with E-state index in [2.05, 4.69) is 4.98 Å². The number of allylic oxidation sites excluding steroid dienone is 2. The molecule has 1 amide bonds. The van der Waals surface area contributed by atoms with Gasteiger partial charge in [-0.15, -0.1) is 0 Å². The minimum absolute atomic E-state index is 0.0319. The molecule has 0 unspecified atom stereocenters. The van der Waals surface area contributed by atoms with E-state index in [9.17, 15) is 18.0 Å². The Morgan fingerprint density at radius 1 is 1.21 bits per heavy atom. The minimum Gasteiger partial charge on any atom is -0.370 e. The molecule has 7 heteroatoms. The maximum Gasteiger partial charge on any atom is 0.417 e. The molecule has 0 atom stereocenters. The first kappa shape index (κ1) is 18.7. The van der Waals surface area contributed by atoms with E-state index < -0.39 is 11.7 Å². The van der Waals surface area contributed by atoms with E-state index >= 15 is 0 Å². The predicted molar refractivity (Wildman–Crippen MR) is 99.8 cm³/mol. The van der Waals surface area contributed by atoms with Crippen LogP contribution >= 0.6 is 0 Å². The number of benzene rings is 1. The molecule has 1 aromatic carbocycles. The van der Waals surface area contributed by atoms with Crippen molar-refractivity contribution in [3.05, 3.63) is 53.4 Å². The number of halogens is 3. The van der Waals surface area contributed by atoms with E-state index in [1.165, 1.54) is 0 Å². The molecule has 28 heavy (non-hydrogen) atoms. The zero-order valence-electron chi connectivity index (χ0n) is 15.3. The van der Waals surface area contributed by atoms with E-state index in [1.54, 1.807) is 36.2 Å². The number of anilines is 1. The summed E-state index contributed by atoms with van der Waals surface area (Å²) in [5.41, 5.74) is 2.46. The lowest BCUT2D eigenvalue weighted by Gasteiger charge is -2.27. The third-order valence-electron chi connectivity index (χ3n) is 5.16. The largest absolute Gasteiger partial charge is 0.417 e. The van der Waals surface area contributed by atoms with Crippen molar-refractivity contribution < 1.29 is 22.7 Å². The lowest BCUT2D eigenvalue weighted by atomic mass is 10.0. The summed E-state index contributed by atoms with van der Waals surface area (Å²) in [4.78, 5) is 18.0. The van der Waals surface area contributed by atoms with Crippen LogP contribution in [0.3, 0.4) is 0 Å². The van der Waals surface area contributed by atoms with Crippen LogP contribution in [0.1, 0.15) is 24.6 Å². The van der Waals surface area contributed by atoms with E-state index in [0.717, 1.165) is 5.56 Å². The number of carbonyl (C=O) groups is 1. The van der Waals surface area contributed by atoms with Crippen molar-refractivity contribution in [3.8, 4) is 11.1 Å². The predicted octanol–water partition coefficient (Wildman–Crippen LogP) is 4.39. The lowest BCUT2D eigenvalue weighted by Crippen LogP contribution is -2.41. The minimum atomic E-state index is -4.40. The topological polar surface area (TPSA) is 42.4 Å². The third-order valence-corrected chi connectivity index (χ3v) is 5.16. The number of rotatable bonds is 3. The number of alkyl halides is 3. The van der Waals surface area contributed by atoms with Crippen LogP contribution in [0.15, 0.2) is 42.1 Å². The molecular formula is C21H19F3N2O2. The van der Waals surface area contributed by atoms with Crippen LogP contribution in [0, 0.1) is 0 Å². The van der Waals surface area contributed by atoms with Gasteiger partial charge in [0.15, 0.2) is 0 Å². The van der Waals surface area contributed by atoms with Gasteiger partial charge in [0.05, 0.1) is 17.9 Å². The molecule has 0 radical (unpaired) electrons. The van der Waals surface area contributed by atoms with Gasteiger partial charge in [-0.05, 0) is 30.2 Å². The quantitative estimate of drug-likeness (QED) is 0.783. The monoisotopic (exact) mass is 388 g/mol. The Labute approximate surface area is 160 Å². The Bertz CT molecular complexity index is 966. The van der Waals surface area contributed by atoms with Crippen molar-refractivity contribution in [2.45, 2.75) is 25.9 Å². The Kier molecular flexibility index (Phi) is 4.71. The summed E-state index contributed by atoms with van der Waals surface area (Å²) in [5.74, 6) is -0.134. The van der Waals surface area contributed by atoms with Gasteiger partial charge in [-0.25, -0.2) is 0 Å². The average Bonchev–Trinajstić information content (AvgIpc) is 3.06. The van der Waals surface area contributed by atoms with Crippen LogP contribution in [0.2, 0.25) is 0 Å². The summed E-state index contributed by atoms with van der Waals surface area (Å²) in [6, 6.07) is 8.78. The lowest BCUT2D eigenvalue weighted by molar-refractivity contribution is -0.125. The van der Waals surface area contributed by atoms with Gasteiger partial charge in [0, 0.05) is 36.0 Å². The molecule has 2 aliphatic rings. The highest BCUT2D eigenvalue weighted by Gasteiger charge is 2.41. The zero-order chi connectivity index (χ0) is 19.9. The van der Waals surface area contributed by atoms with Gasteiger partial charge in [-0.3, -0.25) is 9.78 Å². The molecule has 2 aromatic rings. The van der Waals surface area contributed by atoms with E-state index in [1.807, 2.05) is 12.1 Å². The van der Waals surface area contributed by atoms with Crippen LogP contribution in [0.4, 0.5) is 18.9 Å². The second-order valence-electron chi connectivity index (χ2n) is 6.87. The van der Waals surface area contributed by atoms with Crippen molar-refractivity contribution in [1.29, 1.82) is 0 Å². The van der Waals surface area contributed by atoms with Crippen LogP contribution in [0.5, 0.6) is 0 Å². The van der Waals surface area contributed by atoms with Gasteiger partial charge in [0.25, 0.3) is 5.91 Å². The molecule has 0 bridgehead atoms. The standard InChI is InChI=1S/C21H19F3N2O2/c1-2-13-10-18-17(20(13)21(22,23)24)9-15(11-25-18)14-4-3-5-16(8-14)26-6-7-28-12-19(26)27/h3-5,8-9,11H,2,6-7,10,12H2,1H3. The molecule has 1 aliphatic carbocycles. The molecule has 1 saturated heterocycles. The SMILES string of the molecule is CCC1=C(C(F)(F)F)c2cc(-c3cccc(N4CCOCC4=O)c3)cnc2C1. The summed E-state index contributed by atoms with van der Waals surface area (Å²) in [6.07, 6.45) is -2.22. The highest BCUT2D eigenvalue weighted by molar-refractivity contribution is 5.95. The number of amides is 1. The van der Waals surface area contributed by atoms with Crippen LogP contribution in [0.25, 0.3) is 16.7 Å². The molecule has 4 nitrogen and oxygen atoms in total. The number of nitrogens with zero attached hydrogens (tertiary/aromatic N) is 2. The normalized spacial score (nSPS) is 17.3. The first-order valence-electron chi connectivity index (χ1n) is 9.15. The summed E-state index contributed by atoms with van der Waals surface area (Å²) in [7, 11) is 0. The molecule has 0 N–H and O–H groups in total. The Morgan fingerprint density at radius 3 is 2.75 bits per heavy atom. The molecule has 1 fully saturated rings. The van der Waals surface area contributed by atoms with Gasteiger partial charge in [0.2, 0.25) is 0 Å². The van der Waals surface area contributed by atoms with Crippen molar-refractivity contribution >= 4 is 17.2 Å². The molecule has 0 saturated carbocycles. The Balaban J connectivity index is 1.74. The first-order valence-corrected chi connectivity index (χ1v) is 9.15. The highest BCUT2D eigenvalue weighted by Crippen LogP contribution is 2.44. The van der Waals surface area contributed by atoms with E-state index in [0.29, 0.717) is 42.1 Å². The third kappa shape index (κ3) is 3.30. The molecule has 146 valence electrons. The number of hydrogen-bond acceptors (Lipinski definition) is 3. The fourth-order valence-electron chi connectivity index (χ4n) is 3.79. The molecule has 0 spiro atoms. The van der Waals surface area contributed by atoms with Crippen molar-refractivity contribution in [2.75, 3.05) is 24.7 Å². The number of carbonyl (C=O) groups excluding carboxylic acids is 1. The fourth-order valence-corrected chi connectivity index (χ4v) is 3.79. The molecule has 2 heterocycles. The summed E-state index contributed by atoms with van der Waals surface area (Å²) in [5, 5.41) is 0. The van der Waals surface area contributed by atoms with Crippen molar-refractivity contribution in [3.63, 3.8) is 0 Å². The number of hydrogen-bond donors (Lipinski definition) is 0. The number of pyridine rings is 1. The van der Waals surface area contributed by atoms with E-state index in [4.69, 9.17) is 4.74 Å². The zero-order valence-corrected chi connectivity index (χ0v) is 15.3. The first-order chi connectivity index (χ1) is 13.4. The maximum absolute atomic E-state index is 13.6. The molecule has 4 rings (SSSR count). The van der Waals surface area contributed by atoms with Crippen molar-refractivity contribution in [1.82, 2.24) is 4.98 Å². The summed E-state index contributed by atoms with van der Waals surface area (Å²) < 4.78 is 46.0. The fraction of sp³-hybridized carbons (Fsp3) is 0.333. The number of fused-ring (bicyclic) bond motifs is 1. The number of morpholine rings is 1. The molecule has 1 aliphatic heterocycles. The Hall–Kier alpha value is -2.67. The van der Waals surface area contributed by atoms with Gasteiger partial charge in [0.1, 0.15) is 6.61 Å². The van der Waals surface area contributed by atoms with Gasteiger partial charge >= 0.3 is 6.18 Å². The van der Waals surface area contributed by atoms with Crippen molar-refractivity contribution in [2.24, 2.45) is 0 Å².